The zero-order valence-electron chi connectivity index (χ0n) is 15.5. The monoisotopic (exact) mass is 378 g/mol. The largest absolute Gasteiger partial charge is 0.294 e. The summed E-state index contributed by atoms with van der Waals surface area (Å²) in [5, 5.41) is 0. The van der Waals surface area contributed by atoms with E-state index in [4.69, 9.17) is 4.98 Å². The first kappa shape index (κ1) is 18.2. The molecule has 1 aromatic carbocycles. The predicted molar refractivity (Wildman–Crippen MR) is 104 cm³/mol. The van der Waals surface area contributed by atoms with Crippen LogP contribution in [0.1, 0.15) is 36.9 Å². The van der Waals surface area contributed by atoms with Crippen molar-refractivity contribution in [2.45, 2.75) is 32.1 Å². The van der Waals surface area contributed by atoms with E-state index in [0.29, 0.717) is 17.2 Å². The summed E-state index contributed by atoms with van der Waals surface area (Å²) in [5.74, 6) is 0.170. The van der Waals surface area contributed by atoms with Crippen molar-refractivity contribution in [1.29, 1.82) is 0 Å². The summed E-state index contributed by atoms with van der Waals surface area (Å²) < 4.78 is 28.6. The van der Waals surface area contributed by atoms with Crippen molar-refractivity contribution in [3.63, 3.8) is 0 Å². The van der Waals surface area contributed by atoms with Crippen LogP contribution in [0, 0.1) is 11.6 Å². The zero-order chi connectivity index (χ0) is 19.5. The van der Waals surface area contributed by atoms with E-state index in [1.54, 1.807) is 22.9 Å². The molecule has 4 rings (SSSR count). The van der Waals surface area contributed by atoms with Crippen molar-refractivity contribution in [3.05, 3.63) is 83.9 Å². The summed E-state index contributed by atoms with van der Waals surface area (Å²) in [6, 6.07) is 11.6. The number of halogens is 2. The lowest BCUT2D eigenvalue weighted by Gasteiger charge is -2.16. The van der Waals surface area contributed by atoms with E-state index >= 15 is 0 Å². The fraction of sp³-hybridized carbons (Fsp3) is 0.227. The molecule has 0 bridgehead atoms. The highest BCUT2D eigenvalue weighted by Crippen LogP contribution is 2.26. The van der Waals surface area contributed by atoms with Crippen molar-refractivity contribution in [1.82, 2.24) is 19.4 Å². The summed E-state index contributed by atoms with van der Waals surface area (Å²) in [5.41, 5.74) is 3.27. The molecular weight excluding hydrogens is 358 g/mol. The number of hydrogen-bond donors (Lipinski definition) is 0. The van der Waals surface area contributed by atoms with Gasteiger partial charge in [0.15, 0.2) is 5.82 Å². The Hall–Kier alpha value is -3.15. The maximum atomic E-state index is 13.6. The summed E-state index contributed by atoms with van der Waals surface area (Å²) in [4.78, 5) is 13.3. The van der Waals surface area contributed by atoms with E-state index in [1.165, 1.54) is 24.4 Å². The van der Waals surface area contributed by atoms with Crippen LogP contribution in [-0.4, -0.2) is 19.4 Å². The number of rotatable bonds is 6. The molecule has 1 atom stereocenters. The minimum atomic E-state index is -0.345. The fourth-order valence-corrected chi connectivity index (χ4v) is 3.48. The van der Waals surface area contributed by atoms with Gasteiger partial charge >= 0.3 is 0 Å². The Bertz CT molecular complexity index is 1090. The molecule has 0 aliphatic heterocycles. The van der Waals surface area contributed by atoms with Crippen LogP contribution in [0.25, 0.3) is 17.2 Å². The average Bonchev–Trinajstić information content (AvgIpc) is 3.11. The highest BCUT2D eigenvalue weighted by atomic mass is 19.1. The van der Waals surface area contributed by atoms with Crippen molar-refractivity contribution in [2.24, 2.45) is 0 Å². The first-order valence-corrected chi connectivity index (χ1v) is 9.34. The Kier molecular flexibility index (Phi) is 5.10. The van der Waals surface area contributed by atoms with E-state index in [9.17, 15) is 8.78 Å². The Morgan fingerprint density at radius 1 is 0.964 bits per heavy atom. The van der Waals surface area contributed by atoms with Gasteiger partial charge in [-0.2, -0.15) is 0 Å². The second kappa shape index (κ2) is 7.84. The van der Waals surface area contributed by atoms with Crippen molar-refractivity contribution < 1.29 is 8.78 Å². The molecule has 28 heavy (non-hydrogen) atoms. The Morgan fingerprint density at radius 2 is 1.75 bits per heavy atom. The number of benzene rings is 1. The quantitative estimate of drug-likeness (QED) is 0.463. The standard InChI is InChI=1S/C22H20F2N4/c1-2-3-16(15-4-6-17(23)7-5-15)12-19-10-11-25-22(27-19)20-13-26-21-9-8-18(24)14-28(20)21/h4-11,13-14,16H,2-3,12H2,1H3/t16-/m1/s1. The molecule has 4 nitrogen and oxygen atoms in total. The molecular formula is C22H20F2N4. The minimum absolute atomic E-state index is 0.233. The van der Waals surface area contributed by atoms with Gasteiger partial charge in [0.25, 0.3) is 0 Å². The van der Waals surface area contributed by atoms with Gasteiger partial charge in [-0.3, -0.25) is 4.40 Å². The number of imidazole rings is 1. The van der Waals surface area contributed by atoms with E-state index < -0.39 is 0 Å². The summed E-state index contributed by atoms with van der Waals surface area (Å²) >= 11 is 0. The number of pyridine rings is 1. The zero-order valence-corrected chi connectivity index (χ0v) is 15.5. The molecule has 142 valence electrons. The molecule has 0 amide bonds. The number of fused-ring (bicyclic) bond motifs is 1. The molecule has 4 aromatic rings. The lowest BCUT2D eigenvalue weighted by molar-refractivity contribution is 0.595. The van der Waals surface area contributed by atoms with Gasteiger partial charge in [0.2, 0.25) is 0 Å². The molecule has 3 aromatic heterocycles. The minimum Gasteiger partial charge on any atom is -0.294 e. The Balaban J connectivity index is 1.65. The van der Waals surface area contributed by atoms with Gasteiger partial charge in [-0.25, -0.2) is 23.7 Å². The van der Waals surface area contributed by atoms with Gasteiger partial charge in [0.05, 0.1) is 6.20 Å². The van der Waals surface area contributed by atoms with Crippen molar-refractivity contribution >= 4 is 5.65 Å². The van der Waals surface area contributed by atoms with Crippen LogP contribution >= 0.6 is 0 Å². The third-order valence-electron chi connectivity index (χ3n) is 4.85. The van der Waals surface area contributed by atoms with E-state index in [-0.39, 0.29) is 17.6 Å². The van der Waals surface area contributed by atoms with Gasteiger partial charge in [0, 0.05) is 18.1 Å². The molecule has 0 saturated carbocycles. The average molecular weight is 378 g/mol. The van der Waals surface area contributed by atoms with E-state index in [0.717, 1.165) is 30.5 Å². The topological polar surface area (TPSA) is 43.1 Å². The maximum absolute atomic E-state index is 13.6. The highest BCUT2D eigenvalue weighted by molar-refractivity contribution is 5.56. The normalized spacial score (nSPS) is 12.4. The van der Waals surface area contributed by atoms with Crippen LogP contribution in [0.15, 0.2) is 61.1 Å². The van der Waals surface area contributed by atoms with Gasteiger partial charge < -0.3 is 0 Å². The second-order valence-corrected chi connectivity index (χ2v) is 6.83. The first-order valence-electron chi connectivity index (χ1n) is 9.34. The molecule has 0 saturated heterocycles. The summed E-state index contributed by atoms with van der Waals surface area (Å²) in [6.45, 7) is 2.13. The number of hydrogen-bond acceptors (Lipinski definition) is 3. The van der Waals surface area contributed by atoms with Gasteiger partial charge in [-0.05, 0) is 54.7 Å². The summed E-state index contributed by atoms with van der Waals surface area (Å²) in [6.07, 6.45) is 7.46. The van der Waals surface area contributed by atoms with Crippen LogP contribution < -0.4 is 0 Å². The lowest BCUT2D eigenvalue weighted by Crippen LogP contribution is -2.06. The molecule has 6 heteroatoms. The molecule has 0 unspecified atom stereocenters. The van der Waals surface area contributed by atoms with Gasteiger partial charge in [0.1, 0.15) is 23.0 Å². The SMILES string of the molecule is CCC[C@H](Cc1ccnc(-c2cnc3ccc(F)cn23)n1)c1ccc(F)cc1. The van der Waals surface area contributed by atoms with E-state index in [2.05, 4.69) is 16.9 Å². The van der Waals surface area contributed by atoms with Crippen LogP contribution in [0.5, 0.6) is 0 Å². The van der Waals surface area contributed by atoms with Crippen LogP contribution in [-0.2, 0) is 6.42 Å². The molecule has 0 aliphatic carbocycles. The molecule has 0 fully saturated rings. The number of aromatic nitrogens is 4. The van der Waals surface area contributed by atoms with Crippen molar-refractivity contribution in [2.75, 3.05) is 0 Å². The maximum Gasteiger partial charge on any atom is 0.178 e. The van der Waals surface area contributed by atoms with Crippen LogP contribution in [0.3, 0.4) is 0 Å². The van der Waals surface area contributed by atoms with Gasteiger partial charge in [-0.15, -0.1) is 0 Å². The summed E-state index contributed by atoms with van der Waals surface area (Å²) in [7, 11) is 0. The lowest BCUT2D eigenvalue weighted by atomic mass is 9.90. The van der Waals surface area contributed by atoms with Crippen molar-refractivity contribution in [3.8, 4) is 11.5 Å². The molecule has 0 spiro atoms. The van der Waals surface area contributed by atoms with Crippen LogP contribution in [0.4, 0.5) is 8.78 Å². The van der Waals surface area contributed by atoms with Crippen LogP contribution in [0.2, 0.25) is 0 Å². The Labute approximate surface area is 161 Å². The first-order chi connectivity index (χ1) is 13.6. The molecule has 0 aliphatic rings. The highest BCUT2D eigenvalue weighted by Gasteiger charge is 2.15. The molecule has 3 heterocycles. The second-order valence-electron chi connectivity index (χ2n) is 6.83. The molecule has 0 N–H and O–H groups in total. The smallest absolute Gasteiger partial charge is 0.178 e. The third kappa shape index (κ3) is 3.76. The van der Waals surface area contributed by atoms with Gasteiger partial charge in [-0.1, -0.05) is 25.5 Å². The predicted octanol–water partition coefficient (Wildman–Crippen LogP) is 5.20. The van der Waals surface area contributed by atoms with E-state index in [1.807, 2.05) is 18.2 Å². The Morgan fingerprint density at radius 3 is 2.54 bits per heavy atom. The third-order valence-corrected chi connectivity index (χ3v) is 4.85. The number of nitrogens with zero attached hydrogens (tertiary/aromatic N) is 4. The fourth-order valence-electron chi connectivity index (χ4n) is 3.48. The molecule has 0 radical (unpaired) electrons.